The van der Waals surface area contributed by atoms with E-state index in [1.54, 1.807) is 12.1 Å². The van der Waals surface area contributed by atoms with Gasteiger partial charge in [0.05, 0.1) is 5.56 Å². The molecule has 0 saturated heterocycles. The molecule has 0 aliphatic rings. The molecule has 170 valence electrons. The molecule has 0 bridgehead atoms. The summed E-state index contributed by atoms with van der Waals surface area (Å²) in [4.78, 5) is 7.65. The Bertz CT molecular complexity index is 1270. The van der Waals surface area contributed by atoms with Gasteiger partial charge in [-0.3, -0.25) is 10.1 Å². The second-order valence-corrected chi connectivity index (χ2v) is 6.71. The van der Waals surface area contributed by atoms with Crippen molar-refractivity contribution in [3.05, 3.63) is 78.1 Å². The van der Waals surface area contributed by atoms with Crippen LogP contribution in [-0.2, 0) is 12.4 Å². The number of halogens is 6. The molecule has 0 fully saturated rings. The number of hydrogen-bond acceptors (Lipinski definition) is 5. The lowest BCUT2D eigenvalue weighted by Crippen LogP contribution is -2.07. The van der Waals surface area contributed by atoms with Crippen LogP contribution in [0.1, 0.15) is 11.1 Å². The van der Waals surface area contributed by atoms with Crippen LogP contribution in [0.5, 0.6) is 11.5 Å². The van der Waals surface area contributed by atoms with Crippen LogP contribution in [0.4, 0.5) is 38.0 Å². The van der Waals surface area contributed by atoms with Crippen LogP contribution in [0.3, 0.4) is 0 Å². The number of aromatic amines is 1. The molecule has 4 rings (SSSR count). The highest BCUT2D eigenvalue weighted by Crippen LogP contribution is 2.38. The van der Waals surface area contributed by atoms with E-state index in [9.17, 15) is 26.3 Å². The summed E-state index contributed by atoms with van der Waals surface area (Å²) in [5.74, 6) is -0.0862. The third-order valence-corrected chi connectivity index (χ3v) is 4.35. The predicted molar refractivity (Wildman–Crippen MR) is 106 cm³/mol. The van der Waals surface area contributed by atoms with Crippen molar-refractivity contribution in [2.75, 3.05) is 5.32 Å². The number of anilines is 2. The number of nitrogens with zero attached hydrogens (tertiary/aromatic N) is 3. The maximum absolute atomic E-state index is 13.2. The Morgan fingerprint density at radius 1 is 0.879 bits per heavy atom. The maximum Gasteiger partial charge on any atom is 0.421 e. The molecule has 0 spiro atoms. The fraction of sp³-hybridized carbons (Fsp3) is 0.0952. The molecular formula is C21H13F6N5O. The highest BCUT2D eigenvalue weighted by molar-refractivity contribution is 5.61. The molecule has 2 aromatic carbocycles. The minimum absolute atomic E-state index is 0.00383. The molecular weight excluding hydrogens is 452 g/mol. The van der Waals surface area contributed by atoms with E-state index in [-0.39, 0.29) is 23.2 Å². The van der Waals surface area contributed by atoms with Gasteiger partial charge in [0.1, 0.15) is 17.1 Å². The van der Waals surface area contributed by atoms with Crippen LogP contribution in [0.2, 0.25) is 0 Å². The molecule has 4 aromatic rings. The zero-order valence-electron chi connectivity index (χ0n) is 16.4. The first kappa shape index (κ1) is 22.1. The molecule has 2 heterocycles. The van der Waals surface area contributed by atoms with Crippen molar-refractivity contribution in [1.29, 1.82) is 0 Å². The minimum atomic E-state index is -4.64. The number of pyridine rings is 1. The van der Waals surface area contributed by atoms with Gasteiger partial charge in [0.2, 0.25) is 5.95 Å². The quantitative estimate of drug-likeness (QED) is 0.332. The van der Waals surface area contributed by atoms with Crippen LogP contribution >= 0.6 is 0 Å². The Balaban J connectivity index is 1.54. The van der Waals surface area contributed by atoms with Crippen molar-refractivity contribution in [2.45, 2.75) is 12.4 Å². The van der Waals surface area contributed by atoms with Crippen molar-refractivity contribution in [3.63, 3.8) is 0 Å². The second kappa shape index (κ2) is 8.45. The smallest absolute Gasteiger partial charge is 0.421 e. The van der Waals surface area contributed by atoms with E-state index in [0.29, 0.717) is 11.8 Å². The monoisotopic (exact) mass is 465 g/mol. The van der Waals surface area contributed by atoms with Crippen molar-refractivity contribution in [2.24, 2.45) is 0 Å². The lowest BCUT2D eigenvalue weighted by Gasteiger charge is -2.13. The number of aromatic nitrogens is 4. The molecule has 6 nitrogen and oxygen atoms in total. The van der Waals surface area contributed by atoms with Gasteiger partial charge in [-0.1, -0.05) is 18.2 Å². The van der Waals surface area contributed by atoms with Gasteiger partial charge in [0.15, 0.2) is 5.82 Å². The first-order valence-electron chi connectivity index (χ1n) is 9.26. The normalized spacial score (nSPS) is 11.9. The van der Waals surface area contributed by atoms with Crippen LogP contribution in [0, 0.1) is 0 Å². The van der Waals surface area contributed by atoms with Gasteiger partial charge >= 0.3 is 12.4 Å². The first-order valence-corrected chi connectivity index (χ1v) is 9.26. The minimum Gasteiger partial charge on any atom is -0.457 e. The standard InChI is InChI=1S/C21H13F6N5O/c22-20(23,24)13-4-2-5-14(10-13)29-19-30-18(31-32-19)12-3-1-6-15(9-12)33-17-7-8-28-11-16(17)21(25,26)27/h1-11H,(H2,29,30,31,32). The van der Waals surface area contributed by atoms with Crippen molar-refractivity contribution >= 4 is 11.6 Å². The van der Waals surface area contributed by atoms with Crippen LogP contribution in [0.25, 0.3) is 11.4 Å². The number of ether oxygens (including phenoxy) is 1. The van der Waals surface area contributed by atoms with E-state index in [4.69, 9.17) is 4.74 Å². The number of alkyl halides is 6. The van der Waals surface area contributed by atoms with Gasteiger partial charge in [0, 0.05) is 23.6 Å². The van der Waals surface area contributed by atoms with Gasteiger partial charge in [0.25, 0.3) is 0 Å². The Labute approximate surface area is 182 Å². The Morgan fingerprint density at radius 3 is 2.42 bits per heavy atom. The van der Waals surface area contributed by atoms with E-state index >= 15 is 0 Å². The molecule has 0 aliphatic carbocycles. The third-order valence-electron chi connectivity index (χ3n) is 4.35. The van der Waals surface area contributed by atoms with Gasteiger partial charge in [-0.25, -0.2) is 0 Å². The van der Waals surface area contributed by atoms with Gasteiger partial charge in [-0.2, -0.15) is 31.3 Å². The zero-order valence-corrected chi connectivity index (χ0v) is 16.4. The number of rotatable bonds is 5. The average Bonchev–Trinajstić information content (AvgIpc) is 3.22. The molecule has 33 heavy (non-hydrogen) atoms. The zero-order chi connectivity index (χ0) is 23.6. The summed E-state index contributed by atoms with van der Waals surface area (Å²) in [5.41, 5.74) is -1.30. The molecule has 0 unspecified atom stereocenters. The molecule has 0 saturated carbocycles. The van der Waals surface area contributed by atoms with E-state index < -0.39 is 29.2 Å². The van der Waals surface area contributed by atoms with Crippen molar-refractivity contribution < 1.29 is 31.1 Å². The van der Waals surface area contributed by atoms with Crippen LogP contribution in [-0.4, -0.2) is 20.2 Å². The molecule has 0 aliphatic heterocycles. The van der Waals surface area contributed by atoms with Crippen molar-refractivity contribution in [1.82, 2.24) is 20.2 Å². The Hall–Kier alpha value is -4.09. The van der Waals surface area contributed by atoms with E-state index in [0.717, 1.165) is 18.2 Å². The Morgan fingerprint density at radius 2 is 1.67 bits per heavy atom. The summed E-state index contributed by atoms with van der Waals surface area (Å²) in [6, 6.07) is 11.7. The predicted octanol–water partition coefficient (Wildman–Crippen LogP) is 6.44. The average molecular weight is 465 g/mol. The van der Waals surface area contributed by atoms with Gasteiger partial charge in [-0.15, -0.1) is 5.10 Å². The largest absolute Gasteiger partial charge is 0.457 e. The third kappa shape index (κ3) is 5.22. The summed E-state index contributed by atoms with van der Waals surface area (Å²) >= 11 is 0. The summed E-state index contributed by atoms with van der Waals surface area (Å²) in [7, 11) is 0. The van der Waals surface area contributed by atoms with Crippen LogP contribution < -0.4 is 10.1 Å². The molecule has 0 radical (unpaired) electrons. The number of H-pyrrole nitrogens is 1. The highest BCUT2D eigenvalue weighted by Gasteiger charge is 2.35. The number of hydrogen-bond donors (Lipinski definition) is 2. The topological polar surface area (TPSA) is 75.7 Å². The van der Waals surface area contributed by atoms with E-state index in [1.165, 1.54) is 30.5 Å². The summed E-state index contributed by atoms with van der Waals surface area (Å²) in [6.45, 7) is 0. The summed E-state index contributed by atoms with van der Waals surface area (Å²) in [6.07, 6.45) is -7.29. The highest BCUT2D eigenvalue weighted by atomic mass is 19.4. The first-order chi connectivity index (χ1) is 15.6. The molecule has 0 atom stereocenters. The van der Waals surface area contributed by atoms with Crippen LogP contribution in [0.15, 0.2) is 67.0 Å². The summed E-state index contributed by atoms with van der Waals surface area (Å²) in [5, 5.41) is 9.20. The molecule has 2 aromatic heterocycles. The number of benzene rings is 2. The van der Waals surface area contributed by atoms with E-state index in [1.807, 2.05) is 0 Å². The maximum atomic E-state index is 13.2. The fourth-order valence-corrected chi connectivity index (χ4v) is 2.87. The summed E-state index contributed by atoms with van der Waals surface area (Å²) < 4.78 is 83.5. The second-order valence-electron chi connectivity index (χ2n) is 6.71. The molecule has 0 amide bonds. The lowest BCUT2D eigenvalue weighted by molar-refractivity contribution is -0.139. The molecule has 2 N–H and O–H groups in total. The lowest BCUT2D eigenvalue weighted by atomic mass is 10.2. The fourth-order valence-electron chi connectivity index (χ4n) is 2.87. The van der Waals surface area contributed by atoms with Gasteiger partial charge in [-0.05, 0) is 36.4 Å². The molecule has 12 heteroatoms. The van der Waals surface area contributed by atoms with Crippen molar-refractivity contribution in [3.8, 4) is 22.9 Å². The SMILES string of the molecule is FC(F)(F)c1cccc(Nc2n[nH]c(-c3cccc(Oc4ccncc4C(F)(F)F)c3)n2)c1. The van der Waals surface area contributed by atoms with E-state index in [2.05, 4.69) is 25.5 Å². The Kier molecular flexibility index (Phi) is 5.66. The number of nitrogens with one attached hydrogen (secondary N) is 2. The van der Waals surface area contributed by atoms with Gasteiger partial charge < -0.3 is 10.1 Å².